The molecular weight excluding hydrogens is 393 g/mol. The average molecular weight is 408 g/mol. The lowest BCUT2D eigenvalue weighted by atomic mass is 9.99. The Kier molecular flexibility index (Phi) is 4.39. The topological polar surface area (TPSA) is 36.8 Å². The first-order chi connectivity index (χ1) is 12.6. The third-order valence-corrected chi connectivity index (χ3v) is 4.68. The van der Waals surface area contributed by atoms with Gasteiger partial charge in [0.15, 0.2) is 5.84 Å². The van der Waals surface area contributed by atoms with Crippen LogP contribution in [0.2, 0.25) is 0 Å². The van der Waals surface area contributed by atoms with Crippen LogP contribution in [0.1, 0.15) is 22.3 Å². The maximum absolute atomic E-state index is 13.3. The summed E-state index contributed by atoms with van der Waals surface area (Å²) in [6.07, 6.45) is 0. The molecule has 3 aromatic rings. The van der Waals surface area contributed by atoms with Crippen molar-refractivity contribution in [2.75, 3.05) is 0 Å². The molecule has 0 spiro atoms. The zero-order chi connectivity index (χ0) is 18.1. The molecule has 26 heavy (non-hydrogen) atoms. The van der Waals surface area contributed by atoms with Gasteiger partial charge in [-0.2, -0.15) is 5.10 Å². The molecule has 3 aromatic carbocycles. The number of hydrogen-bond donors (Lipinski definition) is 1. The molecule has 0 fully saturated rings. The number of nitrogens with zero attached hydrogens (tertiary/aromatic N) is 2. The van der Waals surface area contributed by atoms with E-state index >= 15 is 0 Å². The summed E-state index contributed by atoms with van der Waals surface area (Å²) in [7, 11) is 0. The largest absolute Gasteiger partial charge is 0.260 e. The van der Waals surface area contributed by atoms with E-state index in [1.807, 2.05) is 49.4 Å². The minimum atomic E-state index is -0.271. The van der Waals surface area contributed by atoms with Crippen molar-refractivity contribution in [1.82, 2.24) is 5.43 Å². The molecule has 0 aliphatic carbocycles. The van der Waals surface area contributed by atoms with Crippen molar-refractivity contribution in [1.29, 1.82) is 0 Å². The SMILES string of the molecule is Cc1ccc2c(c1)C(c1ccc(F)cc1)=NNC(c1ccc(Br)cc1)=N2. The molecule has 5 heteroatoms. The molecule has 0 amide bonds. The number of aliphatic imine (C=N–C) groups is 1. The summed E-state index contributed by atoms with van der Waals surface area (Å²) < 4.78 is 14.3. The molecule has 1 N–H and O–H groups in total. The number of hydrazone groups is 1. The monoisotopic (exact) mass is 407 g/mol. The Labute approximate surface area is 159 Å². The van der Waals surface area contributed by atoms with E-state index in [-0.39, 0.29) is 5.82 Å². The predicted molar refractivity (Wildman–Crippen MR) is 107 cm³/mol. The molecule has 0 bridgehead atoms. The fourth-order valence-corrected chi connectivity index (χ4v) is 3.08. The second-order valence-corrected chi connectivity index (χ2v) is 6.98. The Morgan fingerprint density at radius 1 is 0.885 bits per heavy atom. The van der Waals surface area contributed by atoms with E-state index in [0.717, 1.165) is 38.1 Å². The summed E-state index contributed by atoms with van der Waals surface area (Å²) in [6.45, 7) is 2.03. The quantitative estimate of drug-likeness (QED) is 0.612. The van der Waals surface area contributed by atoms with Gasteiger partial charge in [-0.25, -0.2) is 9.38 Å². The van der Waals surface area contributed by atoms with Crippen molar-refractivity contribution in [3.63, 3.8) is 0 Å². The van der Waals surface area contributed by atoms with Gasteiger partial charge in [0, 0.05) is 21.2 Å². The molecule has 4 rings (SSSR count). The molecular formula is C21H15BrFN3. The summed E-state index contributed by atoms with van der Waals surface area (Å²) in [5, 5.41) is 4.59. The van der Waals surface area contributed by atoms with Crippen LogP contribution in [0.5, 0.6) is 0 Å². The van der Waals surface area contributed by atoms with Gasteiger partial charge >= 0.3 is 0 Å². The average Bonchev–Trinajstić information content (AvgIpc) is 2.83. The first-order valence-corrected chi connectivity index (χ1v) is 8.95. The number of amidine groups is 1. The van der Waals surface area contributed by atoms with Crippen LogP contribution >= 0.6 is 15.9 Å². The minimum Gasteiger partial charge on any atom is -0.260 e. The summed E-state index contributed by atoms with van der Waals surface area (Å²) in [5.74, 6) is 0.395. The highest BCUT2D eigenvalue weighted by Gasteiger charge is 2.17. The van der Waals surface area contributed by atoms with Gasteiger partial charge in [0.05, 0.1) is 11.4 Å². The van der Waals surface area contributed by atoms with Crippen molar-refractivity contribution in [2.24, 2.45) is 10.1 Å². The van der Waals surface area contributed by atoms with Gasteiger partial charge in [-0.05, 0) is 55.5 Å². The lowest BCUT2D eigenvalue weighted by molar-refractivity contribution is 0.628. The van der Waals surface area contributed by atoms with Crippen LogP contribution in [-0.2, 0) is 0 Å². The maximum atomic E-state index is 13.3. The normalized spacial score (nSPS) is 13.2. The van der Waals surface area contributed by atoms with E-state index in [0.29, 0.717) is 5.84 Å². The van der Waals surface area contributed by atoms with Crippen LogP contribution in [0.3, 0.4) is 0 Å². The molecule has 1 heterocycles. The van der Waals surface area contributed by atoms with Gasteiger partial charge in [-0.1, -0.05) is 39.7 Å². The Bertz CT molecular complexity index is 1020. The van der Waals surface area contributed by atoms with Gasteiger partial charge in [0.2, 0.25) is 0 Å². The van der Waals surface area contributed by atoms with E-state index in [1.54, 1.807) is 12.1 Å². The Hall–Kier alpha value is -2.79. The van der Waals surface area contributed by atoms with E-state index in [2.05, 4.69) is 26.5 Å². The smallest absolute Gasteiger partial charge is 0.154 e. The molecule has 0 atom stereocenters. The van der Waals surface area contributed by atoms with Gasteiger partial charge < -0.3 is 0 Å². The standard InChI is InChI=1S/C21H15BrFN3/c1-13-2-11-19-18(12-13)20(14-5-9-17(23)10-6-14)25-26-21(24-19)15-3-7-16(22)8-4-15/h2-12H,1H3,(H,24,26). The molecule has 0 saturated carbocycles. The van der Waals surface area contributed by atoms with Crippen molar-refractivity contribution in [2.45, 2.75) is 6.92 Å². The van der Waals surface area contributed by atoms with Crippen LogP contribution < -0.4 is 5.43 Å². The first-order valence-electron chi connectivity index (χ1n) is 8.15. The second kappa shape index (κ2) is 6.84. The fourth-order valence-electron chi connectivity index (χ4n) is 2.82. The zero-order valence-electron chi connectivity index (χ0n) is 14.0. The van der Waals surface area contributed by atoms with Gasteiger partial charge in [0.1, 0.15) is 5.82 Å². The Morgan fingerprint density at radius 3 is 2.31 bits per heavy atom. The second-order valence-electron chi connectivity index (χ2n) is 6.07. The molecule has 0 unspecified atom stereocenters. The molecule has 3 nitrogen and oxygen atoms in total. The van der Waals surface area contributed by atoms with Crippen molar-refractivity contribution >= 4 is 33.2 Å². The number of aryl methyl sites for hydroxylation is 1. The lowest BCUT2D eigenvalue weighted by Crippen LogP contribution is -2.19. The van der Waals surface area contributed by atoms with Crippen LogP contribution in [0.25, 0.3) is 0 Å². The minimum absolute atomic E-state index is 0.271. The number of hydrogen-bond acceptors (Lipinski definition) is 3. The molecule has 1 aliphatic rings. The fraction of sp³-hybridized carbons (Fsp3) is 0.0476. The first kappa shape index (κ1) is 16.7. The number of fused-ring (bicyclic) bond motifs is 1. The van der Waals surface area contributed by atoms with Crippen molar-refractivity contribution in [3.05, 3.63) is 99.3 Å². The van der Waals surface area contributed by atoms with Crippen LogP contribution in [0.15, 0.2) is 81.3 Å². The maximum Gasteiger partial charge on any atom is 0.154 e. The molecule has 0 aromatic heterocycles. The van der Waals surface area contributed by atoms with Crippen molar-refractivity contribution in [3.8, 4) is 0 Å². The highest BCUT2D eigenvalue weighted by molar-refractivity contribution is 9.10. The summed E-state index contributed by atoms with van der Waals surface area (Å²) >= 11 is 3.45. The predicted octanol–water partition coefficient (Wildman–Crippen LogP) is 5.33. The summed E-state index contributed by atoms with van der Waals surface area (Å²) in [6, 6.07) is 20.3. The lowest BCUT2D eigenvalue weighted by Gasteiger charge is -2.08. The highest BCUT2D eigenvalue weighted by atomic mass is 79.9. The third-order valence-electron chi connectivity index (χ3n) is 4.15. The molecule has 128 valence electrons. The van der Waals surface area contributed by atoms with E-state index < -0.39 is 0 Å². The molecule has 1 aliphatic heterocycles. The van der Waals surface area contributed by atoms with Gasteiger partial charge in [-0.3, -0.25) is 5.43 Å². The number of halogens is 2. The van der Waals surface area contributed by atoms with Crippen LogP contribution in [-0.4, -0.2) is 11.5 Å². The van der Waals surface area contributed by atoms with Crippen molar-refractivity contribution < 1.29 is 4.39 Å². The molecule has 0 saturated heterocycles. The molecule has 0 radical (unpaired) electrons. The highest BCUT2D eigenvalue weighted by Crippen LogP contribution is 2.27. The number of nitrogens with one attached hydrogen (secondary N) is 1. The van der Waals surface area contributed by atoms with Gasteiger partial charge in [-0.15, -0.1) is 0 Å². The van der Waals surface area contributed by atoms with Crippen LogP contribution in [0.4, 0.5) is 10.1 Å². The van der Waals surface area contributed by atoms with E-state index in [1.165, 1.54) is 12.1 Å². The third kappa shape index (κ3) is 3.30. The van der Waals surface area contributed by atoms with E-state index in [9.17, 15) is 4.39 Å². The Balaban J connectivity index is 1.85. The number of benzene rings is 3. The number of rotatable bonds is 2. The Morgan fingerprint density at radius 2 is 1.58 bits per heavy atom. The summed E-state index contributed by atoms with van der Waals surface area (Å²) in [5.41, 5.74) is 8.42. The zero-order valence-corrected chi connectivity index (χ0v) is 15.6. The van der Waals surface area contributed by atoms with E-state index in [4.69, 9.17) is 4.99 Å². The van der Waals surface area contributed by atoms with Crippen LogP contribution in [0, 0.1) is 12.7 Å². The van der Waals surface area contributed by atoms with Gasteiger partial charge in [0.25, 0.3) is 0 Å². The summed E-state index contributed by atoms with van der Waals surface area (Å²) in [4.78, 5) is 4.78.